The van der Waals surface area contributed by atoms with E-state index in [2.05, 4.69) is 4.98 Å². The van der Waals surface area contributed by atoms with E-state index >= 15 is 0 Å². The van der Waals surface area contributed by atoms with Gasteiger partial charge in [-0.25, -0.2) is 4.98 Å². The molecule has 1 aromatic carbocycles. The van der Waals surface area contributed by atoms with Gasteiger partial charge in [0.15, 0.2) is 0 Å². The van der Waals surface area contributed by atoms with Crippen LogP contribution in [0.25, 0.3) is 0 Å². The monoisotopic (exact) mass is 276 g/mol. The molecule has 0 saturated carbocycles. The van der Waals surface area contributed by atoms with Crippen molar-refractivity contribution in [2.75, 3.05) is 5.73 Å². The number of aryl methyl sites for hydroxylation is 1. The quantitative estimate of drug-likeness (QED) is 0.689. The molecule has 2 N–H and O–H groups in total. The number of thiazole rings is 1. The molecule has 5 heteroatoms. The molecule has 0 amide bonds. The number of benzene rings is 1. The number of nitrogen functional groups attached to an aromatic ring is 1. The number of carbonyl (C=O) groups is 1. The number of carbonyl (C=O) groups excluding carboxylic acids is 1. The summed E-state index contributed by atoms with van der Waals surface area (Å²) >= 11 is 1.54. The molecule has 0 saturated heterocycles. The molecule has 1 aromatic heterocycles. The summed E-state index contributed by atoms with van der Waals surface area (Å²) in [6.45, 7) is 3.95. The van der Waals surface area contributed by atoms with Gasteiger partial charge in [0.2, 0.25) is 0 Å². The lowest BCUT2D eigenvalue weighted by Crippen LogP contribution is -2.13. The molecule has 0 aliphatic heterocycles. The molecule has 2 rings (SSSR count). The number of nitrogens with two attached hydrogens (primary N) is 1. The van der Waals surface area contributed by atoms with Crippen molar-refractivity contribution < 1.29 is 9.53 Å². The first-order valence-electron chi connectivity index (χ1n) is 5.99. The van der Waals surface area contributed by atoms with E-state index in [-0.39, 0.29) is 18.5 Å². The molecule has 0 aliphatic carbocycles. The van der Waals surface area contributed by atoms with Crippen LogP contribution in [0, 0.1) is 6.92 Å². The molecule has 19 heavy (non-hydrogen) atoms. The van der Waals surface area contributed by atoms with E-state index in [1.165, 1.54) is 0 Å². The first kappa shape index (κ1) is 13.5. The fourth-order valence-electron chi connectivity index (χ4n) is 1.71. The largest absolute Gasteiger partial charge is 0.459 e. The smallest absolute Gasteiger partial charge is 0.313 e. The Kier molecular flexibility index (Phi) is 4.16. The van der Waals surface area contributed by atoms with Crippen molar-refractivity contribution in [3.05, 3.63) is 45.9 Å². The summed E-state index contributed by atoms with van der Waals surface area (Å²) in [4.78, 5) is 16.2. The summed E-state index contributed by atoms with van der Waals surface area (Å²) in [5.41, 5.74) is 8.00. The molecule has 0 spiro atoms. The Labute approximate surface area is 116 Å². The number of hydrogen-bond donors (Lipinski definition) is 1. The predicted molar refractivity (Wildman–Crippen MR) is 75.9 cm³/mol. The van der Waals surface area contributed by atoms with Crippen LogP contribution in [-0.4, -0.2) is 11.0 Å². The summed E-state index contributed by atoms with van der Waals surface area (Å²) in [5, 5.41) is 2.86. The number of aromatic nitrogens is 1. The SMILES string of the molecule is Cc1nc(COC(=O)C(C)c2cccc(N)c2)cs1. The van der Waals surface area contributed by atoms with Crippen molar-refractivity contribution in [2.24, 2.45) is 0 Å². The number of nitrogens with zero attached hydrogens (tertiary/aromatic N) is 1. The Morgan fingerprint density at radius 1 is 1.53 bits per heavy atom. The number of hydrogen-bond acceptors (Lipinski definition) is 5. The van der Waals surface area contributed by atoms with Crippen molar-refractivity contribution in [3.8, 4) is 0 Å². The number of ether oxygens (including phenoxy) is 1. The summed E-state index contributed by atoms with van der Waals surface area (Å²) in [6.07, 6.45) is 0. The summed E-state index contributed by atoms with van der Waals surface area (Å²) in [6, 6.07) is 7.28. The first-order valence-corrected chi connectivity index (χ1v) is 6.87. The zero-order valence-electron chi connectivity index (χ0n) is 10.9. The highest BCUT2D eigenvalue weighted by Crippen LogP contribution is 2.20. The third kappa shape index (κ3) is 3.54. The highest BCUT2D eigenvalue weighted by atomic mass is 32.1. The van der Waals surface area contributed by atoms with Gasteiger partial charge in [0.1, 0.15) is 6.61 Å². The standard InChI is InChI=1S/C14H16N2O2S/c1-9(11-4-3-5-12(15)6-11)14(17)18-7-13-8-19-10(2)16-13/h3-6,8-9H,7,15H2,1-2H3. The van der Waals surface area contributed by atoms with E-state index < -0.39 is 0 Å². The van der Waals surface area contributed by atoms with E-state index in [0.717, 1.165) is 16.3 Å². The average molecular weight is 276 g/mol. The minimum atomic E-state index is -0.330. The number of anilines is 1. The van der Waals surface area contributed by atoms with Crippen LogP contribution in [0.5, 0.6) is 0 Å². The second-order valence-corrected chi connectivity index (χ2v) is 5.42. The maximum atomic E-state index is 11.9. The zero-order chi connectivity index (χ0) is 13.8. The van der Waals surface area contributed by atoms with Gasteiger partial charge in [-0.3, -0.25) is 4.79 Å². The molecule has 0 aliphatic rings. The minimum absolute atomic E-state index is 0.218. The van der Waals surface area contributed by atoms with Gasteiger partial charge in [-0.2, -0.15) is 0 Å². The van der Waals surface area contributed by atoms with Gasteiger partial charge < -0.3 is 10.5 Å². The summed E-state index contributed by atoms with van der Waals surface area (Å²) < 4.78 is 5.26. The molecule has 0 bridgehead atoms. The predicted octanol–water partition coefficient (Wildman–Crippen LogP) is 2.88. The Bertz CT molecular complexity index is 580. The van der Waals surface area contributed by atoms with Crippen molar-refractivity contribution in [1.82, 2.24) is 4.98 Å². The van der Waals surface area contributed by atoms with Gasteiger partial charge in [-0.1, -0.05) is 12.1 Å². The van der Waals surface area contributed by atoms with E-state index in [4.69, 9.17) is 10.5 Å². The molecular formula is C14H16N2O2S. The lowest BCUT2D eigenvalue weighted by atomic mass is 10.0. The third-order valence-corrected chi connectivity index (χ3v) is 3.62. The molecule has 1 atom stereocenters. The third-order valence-electron chi connectivity index (χ3n) is 2.79. The Morgan fingerprint density at radius 2 is 2.32 bits per heavy atom. The van der Waals surface area contributed by atoms with Crippen LogP contribution in [0.1, 0.15) is 29.1 Å². The molecular weight excluding hydrogens is 260 g/mol. The fraction of sp³-hybridized carbons (Fsp3) is 0.286. The Hall–Kier alpha value is -1.88. The summed E-state index contributed by atoms with van der Waals surface area (Å²) in [7, 11) is 0. The Morgan fingerprint density at radius 3 is 2.95 bits per heavy atom. The molecule has 1 unspecified atom stereocenters. The highest BCUT2D eigenvalue weighted by molar-refractivity contribution is 7.09. The van der Waals surface area contributed by atoms with E-state index in [0.29, 0.717) is 5.69 Å². The van der Waals surface area contributed by atoms with Crippen molar-refractivity contribution in [3.63, 3.8) is 0 Å². The topological polar surface area (TPSA) is 65.2 Å². The average Bonchev–Trinajstić information content (AvgIpc) is 2.81. The van der Waals surface area contributed by atoms with Crippen LogP contribution in [0.2, 0.25) is 0 Å². The van der Waals surface area contributed by atoms with Crippen molar-refractivity contribution >= 4 is 23.0 Å². The number of rotatable bonds is 4. The highest BCUT2D eigenvalue weighted by Gasteiger charge is 2.17. The fourth-order valence-corrected chi connectivity index (χ4v) is 2.31. The van der Waals surface area contributed by atoms with Gasteiger partial charge in [0, 0.05) is 11.1 Å². The van der Waals surface area contributed by atoms with Crippen molar-refractivity contribution in [2.45, 2.75) is 26.4 Å². The zero-order valence-corrected chi connectivity index (χ0v) is 11.7. The van der Waals surface area contributed by atoms with E-state index in [1.807, 2.05) is 31.4 Å². The second kappa shape index (κ2) is 5.84. The van der Waals surface area contributed by atoms with Crippen molar-refractivity contribution in [1.29, 1.82) is 0 Å². The maximum absolute atomic E-state index is 11.9. The molecule has 100 valence electrons. The van der Waals surface area contributed by atoms with Crippen LogP contribution < -0.4 is 5.73 Å². The Balaban J connectivity index is 1.96. The molecule has 4 nitrogen and oxygen atoms in total. The van der Waals surface area contributed by atoms with Crippen LogP contribution in [0.4, 0.5) is 5.69 Å². The van der Waals surface area contributed by atoms with Crippen LogP contribution in [0.3, 0.4) is 0 Å². The lowest BCUT2D eigenvalue weighted by Gasteiger charge is -2.11. The molecule has 0 fully saturated rings. The maximum Gasteiger partial charge on any atom is 0.313 e. The van der Waals surface area contributed by atoms with Gasteiger partial charge in [0.25, 0.3) is 0 Å². The van der Waals surface area contributed by atoms with E-state index in [1.54, 1.807) is 23.5 Å². The number of esters is 1. The van der Waals surface area contributed by atoms with Gasteiger partial charge >= 0.3 is 5.97 Å². The lowest BCUT2D eigenvalue weighted by molar-refractivity contribution is -0.146. The van der Waals surface area contributed by atoms with Gasteiger partial charge in [0.05, 0.1) is 16.6 Å². The normalized spacial score (nSPS) is 12.1. The van der Waals surface area contributed by atoms with Crippen LogP contribution in [0.15, 0.2) is 29.6 Å². The van der Waals surface area contributed by atoms with Crippen LogP contribution in [-0.2, 0) is 16.1 Å². The van der Waals surface area contributed by atoms with Crippen LogP contribution >= 0.6 is 11.3 Å². The second-order valence-electron chi connectivity index (χ2n) is 4.36. The minimum Gasteiger partial charge on any atom is -0.459 e. The van der Waals surface area contributed by atoms with Gasteiger partial charge in [-0.15, -0.1) is 11.3 Å². The molecule has 0 radical (unpaired) electrons. The summed E-state index contributed by atoms with van der Waals surface area (Å²) in [5.74, 6) is -0.598. The van der Waals surface area contributed by atoms with E-state index in [9.17, 15) is 4.79 Å². The first-order chi connectivity index (χ1) is 9.06. The van der Waals surface area contributed by atoms with Gasteiger partial charge in [-0.05, 0) is 31.5 Å². The molecule has 1 heterocycles. The molecule has 2 aromatic rings.